The highest BCUT2D eigenvalue weighted by Gasteiger charge is 2.20. The molecule has 1 aromatic carbocycles. The molecule has 0 atom stereocenters. The van der Waals surface area contributed by atoms with Crippen LogP contribution in [0.2, 0.25) is 0 Å². The fourth-order valence-electron chi connectivity index (χ4n) is 2.47. The second-order valence-corrected chi connectivity index (χ2v) is 7.93. The fraction of sp³-hybridized carbons (Fsp3) is 0.471. The van der Waals surface area contributed by atoms with Gasteiger partial charge in [0.2, 0.25) is 5.13 Å². The Balaban J connectivity index is 1.54. The molecule has 7 nitrogen and oxygen atoms in total. The summed E-state index contributed by atoms with van der Waals surface area (Å²) < 4.78 is 24.3. The summed E-state index contributed by atoms with van der Waals surface area (Å²) in [6.07, 6.45) is 0.441. The molecule has 26 heavy (non-hydrogen) atoms. The molecule has 0 fully saturated rings. The lowest BCUT2D eigenvalue weighted by molar-refractivity contribution is -0.0172. The van der Waals surface area contributed by atoms with E-state index >= 15 is 0 Å². The number of carbonyl (C=O) groups is 1. The maximum atomic E-state index is 13.7. The van der Waals surface area contributed by atoms with Gasteiger partial charge in [-0.15, -0.1) is 10.2 Å². The Morgan fingerprint density at radius 3 is 2.88 bits per heavy atom. The van der Waals surface area contributed by atoms with E-state index < -0.39 is 0 Å². The quantitative estimate of drug-likeness (QED) is 0.851. The van der Waals surface area contributed by atoms with E-state index in [1.807, 2.05) is 20.8 Å². The largest absolute Gasteiger partial charge is 0.467 e. The average Bonchev–Trinajstić information content (AvgIpc) is 3.03. The molecule has 0 saturated carbocycles. The molecule has 0 spiro atoms. The van der Waals surface area contributed by atoms with Crippen LogP contribution in [0.5, 0.6) is 5.75 Å². The molecule has 2 amide bonds. The molecule has 140 valence electrons. The highest BCUT2D eigenvalue weighted by atomic mass is 32.1. The lowest BCUT2D eigenvalue weighted by Crippen LogP contribution is -2.30. The average molecular weight is 380 g/mol. The van der Waals surface area contributed by atoms with Crippen molar-refractivity contribution in [2.24, 2.45) is 0 Å². The van der Waals surface area contributed by atoms with Crippen LogP contribution in [-0.4, -0.2) is 29.6 Å². The van der Waals surface area contributed by atoms with Crippen molar-refractivity contribution in [1.82, 2.24) is 15.5 Å². The number of ether oxygens (including phenoxy) is 2. The van der Waals surface area contributed by atoms with E-state index in [2.05, 4.69) is 20.8 Å². The SMILES string of the molecule is CC(C)(C)c1nnc(NC(=O)NCCc2cc(F)cc3c2OCOC3)s1. The van der Waals surface area contributed by atoms with Gasteiger partial charge < -0.3 is 14.8 Å². The third-order valence-electron chi connectivity index (χ3n) is 3.72. The van der Waals surface area contributed by atoms with E-state index in [9.17, 15) is 9.18 Å². The first-order valence-corrected chi connectivity index (χ1v) is 9.05. The summed E-state index contributed by atoms with van der Waals surface area (Å²) in [5.41, 5.74) is 1.27. The number of hydrogen-bond donors (Lipinski definition) is 2. The molecular formula is C17H21FN4O3S. The Kier molecular flexibility index (Phi) is 5.38. The van der Waals surface area contributed by atoms with Gasteiger partial charge in [0.25, 0.3) is 0 Å². The maximum Gasteiger partial charge on any atom is 0.321 e. The summed E-state index contributed by atoms with van der Waals surface area (Å²) in [5.74, 6) is 0.291. The second-order valence-electron chi connectivity index (χ2n) is 6.96. The molecule has 0 aliphatic carbocycles. The number of nitrogens with one attached hydrogen (secondary N) is 2. The molecule has 0 bridgehead atoms. The number of urea groups is 1. The summed E-state index contributed by atoms with van der Waals surface area (Å²) in [5, 5.41) is 14.7. The number of nitrogens with zero attached hydrogens (tertiary/aromatic N) is 2. The normalized spacial score (nSPS) is 13.7. The van der Waals surface area contributed by atoms with Crippen molar-refractivity contribution in [3.8, 4) is 5.75 Å². The minimum absolute atomic E-state index is 0.117. The Morgan fingerprint density at radius 2 is 2.15 bits per heavy atom. The van der Waals surface area contributed by atoms with E-state index in [0.29, 0.717) is 41.6 Å². The van der Waals surface area contributed by atoms with Gasteiger partial charge in [0.1, 0.15) is 16.6 Å². The third kappa shape index (κ3) is 4.47. The van der Waals surface area contributed by atoms with Crippen LogP contribution < -0.4 is 15.4 Å². The van der Waals surface area contributed by atoms with Gasteiger partial charge in [0, 0.05) is 17.5 Å². The Hall–Kier alpha value is -2.26. The van der Waals surface area contributed by atoms with Crippen molar-refractivity contribution < 1.29 is 18.7 Å². The molecule has 2 N–H and O–H groups in total. The summed E-state index contributed by atoms with van der Waals surface area (Å²) in [6.45, 7) is 6.89. The molecule has 1 aliphatic rings. The Labute approximate surface area is 154 Å². The van der Waals surface area contributed by atoms with Crippen LogP contribution in [0, 0.1) is 5.82 Å². The summed E-state index contributed by atoms with van der Waals surface area (Å²) in [4.78, 5) is 12.0. The van der Waals surface area contributed by atoms with Crippen molar-refractivity contribution >= 4 is 22.5 Å². The second kappa shape index (κ2) is 7.55. The molecule has 1 aliphatic heterocycles. The van der Waals surface area contributed by atoms with E-state index in [1.54, 1.807) is 0 Å². The molecule has 2 aromatic rings. The van der Waals surface area contributed by atoms with Crippen LogP contribution in [0.3, 0.4) is 0 Å². The van der Waals surface area contributed by atoms with E-state index in [0.717, 1.165) is 5.01 Å². The third-order valence-corrected chi connectivity index (χ3v) is 4.98. The summed E-state index contributed by atoms with van der Waals surface area (Å²) >= 11 is 1.34. The maximum absolute atomic E-state index is 13.7. The zero-order chi connectivity index (χ0) is 18.7. The lowest BCUT2D eigenvalue weighted by atomic mass is 9.98. The Bertz CT molecular complexity index is 804. The molecule has 0 unspecified atom stereocenters. The number of anilines is 1. The van der Waals surface area contributed by atoms with E-state index in [1.165, 1.54) is 23.5 Å². The smallest absolute Gasteiger partial charge is 0.321 e. The molecular weight excluding hydrogens is 359 g/mol. The predicted octanol–water partition coefficient (Wildman–Crippen LogP) is 3.21. The molecule has 0 saturated heterocycles. The number of hydrogen-bond acceptors (Lipinski definition) is 6. The van der Waals surface area contributed by atoms with Gasteiger partial charge in [0.05, 0.1) is 6.61 Å². The van der Waals surface area contributed by atoms with E-state index in [-0.39, 0.29) is 24.1 Å². The zero-order valence-electron chi connectivity index (χ0n) is 14.9. The number of halogens is 1. The highest BCUT2D eigenvalue weighted by molar-refractivity contribution is 7.15. The predicted molar refractivity (Wildman–Crippen MR) is 96.0 cm³/mol. The van der Waals surface area contributed by atoms with Gasteiger partial charge >= 0.3 is 6.03 Å². The van der Waals surface area contributed by atoms with Crippen molar-refractivity contribution in [3.05, 3.63) is 34.1 Å². The van der Waals surface area contributed by atoms with Crippen molar-refractivity contribution in [3.63, 3.8) is 0 Å². The molecule has 9 heteroatoms. The van der Waals surface area contributed by atoms with Crippen LogP contribution in [0.4, 0.5) is 14.3 Å². The van der Waals surface area contributed by atoms with Gasteiger partial charge in [0.15, 0.2) is 6.79 Å². The van der Waals surface area contributed by atoms with Gasteiger partial charge in [-0.1, -0.05) is 32.1 Å². The van der Waals surface area contributed by atoms with Gasteiger partial charge in [-0.2, -0.15) is 0 Å². The number of carbonyl (C=O) groups excluding carboxylic acids is 1. The van der Waals surface area contributed by atoms with Gasteiger partial charge in [-0.3, -0.25) is 5.32 Å². The van der Waals surface area contributed by atoms with Crippen molar-refractivity contribution in [2.75, 3.05) is 18.7 Å². The first-order valence-electron chi connectivity index (χ1n) is 8.23. The summed E-state index contributed by atoms with van der Waals surface area (Å²) in [7, 11) is 0. The molecule has 2 heterocycles. The number of fused-ring (bicyclic) bond motifs is 1. The number of amides is 2. The standard InChI is InChI=1S/C17H21FN4O3S/c1-17(2,3)14-21-22-16(26-14)20-15(23)19-5-4-10-6-12(18)7-11-8-24-9-25-13(10)11/h6-7H,4-5,8-9H2,1-3H3,(H2,19,20,22,23). The Morgan fingerprint density at radius 1 is 1.35 bits per heavy atom. The van der Waals surface area contributed by atoms with Gasteiger partial charge in [-0.05, 0) is 24.1 Å². The molecule has 1 aromatic heterocycles. The van der Waals surface area contributed by atoms with E-state index in [4.69, 9.17) is 9.47 Å². The minimum atomic E-state index is -0.379. The lowest BCUT2D eigenvalue weighted by Gasteiger charge is -2.20. The van der Waals surface area contributed by atoms with Crippen LogP contribution in [0.25, 0.3) is 0 Å². The number of aromatic nitrogens is 2. The first-order chi connectivity index (χ1) is 12.3. The first kappa shape index (κ1) is 18.5. The number of rotatable bonds is 4. The monoisotopic (exact) mass is 380 g/mol. The minimum Gasteiger partial charge on any atom is -0.467 e. The number of benzene rings is 1. The van der Waals surface area contributed by atoms with Gasteiger partial charge in [-0.25, -0.2) is 9.18 Å². The van der Waals surface area contributed by atoms with Crippen LogP contribution in [-0.2, 0) is 23.2 Å². The molecule has 0 radical (unpaired) electrons. The van der Waals surface area contributed by atoms with Crippen molar-refractivity contribution in [1.29, 1.82) is 0 Å². The molecule has 3 rings (SSSR count). The van der Waals surface area contributed by atoms with Crippen molar-refractivity contribution in [2.45, 2.75) is 39.2 Å². The van der Waals surface area contributed by atoms with Crippen LogP contribution in [0.1, 0.15) is 36.9 Å². The summed E-state index contributed by atoms with van der Waals surface area (Å²) in [6, 6.07) is 2.45. The highest BCUT2D eigenvalue weighted by Crippen LogP contribution is 2.30. The van der Waals surface area contributed by atoms with Crippen LogP contribution in [0.15, 0.2) is 12.1 Å². The fourth-order valence-corrected chi connectivity index (χ4v) is 3.27. The van der Waals surface area contributed by atoms with Crippen LogP contribution >= 0.6 is 11.3 Å². The zero-order valence-corrected chi connectivity index (χ0v) is 15.7. The topological polar surface area (TPSA) is 85.4 Å².